The van der Waals surface area contributed by atoms with Crippen molar-refractivity contribution in [3.05, 3.63) is 54.2 Å². The molecule has 1 aromatic carbocycles. The highest BCUT2D eigenvalue weighted by molar-refractivity contribution is 5.73. The molecule has 3 aromatic rings. The molecule has 1 N–H and O–H groups in total. The van der Waals surface area contributed by atoms with Crippen LogP contribution in [0.15, 0.2) is 43.0 Å². The van der Waals surface area contributed by atoms with Gasteiger partial charge in [-0.25, -0.2) is 15.0 Å². The second-order valence-corrected chi connectivity index (χ2v) is 4.72. The molecule has 0 spiro atoms. The average molecular weight is 236 g/mol. The lowest BCUT2D eigenvalue weighted by Crippen LogP contribution is -1.92. The number of rotatable bonds is 2. The zero-order chi connectivity index (χ0) is 11.9. The van der Waals surface area contributed by atoms with Gasteiger partial charge < -0.3 is 4.98 Å². The Morgan fingerprint density at radius 2 is 1.89 bits per heavy atom. The van der Waals surface area contributed by atoms with Gasteiger partial charge in [0.2, 0.25) is 0 Å². The van der Waals surface area contributed by atoms with Gasteiger partial charge in [0.25, 0.3) is 0 Å². The molecule has 18 heavy (non-hydrogen) atoms. The van der Waals surface area contributed by atoms with Crippen LogP contribution in [0.4, 0.5) is 0 Å². The van der Waals surface area contributed by atoms with Gasteiger partial charge in [-0.1, -0.05) is 30.3 Å². The van der Waals surface area contributed by atoms with Crippen molar-refractivity contribution in [3.8, 4) is 0 Å². The van der Waals surface area contributed by atoms with E-state index in [0.717, 1.165) is 23.3 Å². The largest absolute Gasteiger partial charge is 0.342 e. The van der Waals surface area contributed by atoms with Gasteiger partial charge in [0, 0.05) is 5.92 Å². The maximum atomic E-state index is 4.43. The molecule has 0 amide bonds. The third-order valence-electron chi connectivity index (χ3n) is 3.62. The number of nitrogens with one attached hydrogen (secondary N) is 1. The van der Waals surface area contributed by atoms with Gasteiger partial charge >= 0.3 is 0 Å². The highest BCUT2D eigenvalue weighted by atomic mass is 15.0. The van der Waals surface area contributed by atoms with Gasteiger partial charge in [-0.05, 0) is 17.9 Å². The second-order valence-electron chi connectivity index (χ2n) is 4.72. The number of aromatic amines is 1. The predicted octanol–water partition coefficient (Wildman–Crippen LogP) is 2.62. The van der Waals surface area contributed by atoms with Crippen LogP contribution in [0.3, 0.4) is 0 Å². The zero-order valence-corrected chi connectivity index (χ0v) is 9.74. The lowest BCUT2D eigenvalue weighted by atomic mass is 10.1. The normalized spacial score (nSPS) is 22.2. The lowest BCUT2D eigenvalue weighted by Gasteiger charge is -2.01. The average Bonchev–Trinajstić information content (AvgIpc) is 3.08. The summed E-state index contributed by atoms with van der Waals surface area (Å²) in [6.45, 7) is 0. The minimum atomic E-state index is 0.498. The molecular weight excluding hydrogens is 224 g/mol. The quantitative estimate of drug-likeness (QED) is 0.744. The number of imidazole rings is 1. The maximum Gasteiger partial charge on any atom is 0.180 e. The molecule has 4 nitrogen and oxygen atoms in total. The molecule has 0 aliphatic heterocycles. The summed E-state index contributed by atoms with van der Waals surface area (Å²) in [6.07, 6.45) is 4.46. The van der Waals surface area contributed by atoms with Gasteiger partial charge in [-0.15, -0.1) is 0 Å². The molecule has 2 heterocycles. The lowest BCUT2D eigenvalue weighted by molar-refractivity contribution is 0.962. The number of H-pyrrole nitrogens is 1. The Hall–Kier alpha value is -2.23. The van der Waals surface area contributed by atoms with Crippen molar-refractivity contribution < 1.29 is 0 Å². The van der Waals surface area contributed by atoms with E-state index in [-0.39, 0.29) is 0 Å². The summed E-state index contributed by atoms with van der Waals surface area (Å²) in [5.74, 6) is 1.09. The smallest absolute Gasteiger partial charge is 0.180 e. The Morgan fingerprint density at radius 3 is 2.78 bits per heavy atom. The van der Waals surface area contributed by atoms with E-state index < -0.39 is 0 Å². The molecule has 88 valence electrons. The molecule has 2 aromatic heterocycles. The fraction of sp³-hybridized carbons (Fsp3) is 0.214. The van der Waals surface area contributed by atoms with Crippen LogP contribution >= 0.6 is 0 Å². The monoisotopic (exact) mass is 236 g/mol. The number of benzene rings is 1. The molecule has 2 atom stereocenters. The van der Waals surface area contributed by atoms with Crippen LogP contribution in [-0.2, 0) is 0 Å². The Morgan fingerprint density at radius 1 is 1.00 bits per heavy atom. The highest BCUT2D eigenvalue weighted by Crippen LogP contribution is 2.54. The minimum absolute atomic E-state index is 0.498. The molecule has 4 heteroatoms. The first-order chi connectivity index (χ1) is 8.93. The summed E-state index contributed by atoms with van der Waals surface area (Å²) in [5.41, 5.74) is 4.25. The number of hydrogen-bond acceptors (Lipinski definition) is 3. The molecule has 0 saturated heterocycles. The Labute approximate surface area is 104 Å². The van der Waals surface area contributed by atoms with Gasteiger partial charge in [0.05, 0.1) is 12.0 Å². The van der Waals surface area contributed by atoms with Crippen LogP contribution in [-0.4, -0.2) is 19.9 Å². The minimum Gasteiger partial charge on any atom is -0.342 e. The van der Waals surface area contributed by atoms with Crippen LogP contribution in [0, 0.1) is 0 Å². The van der Waals surface area contributed by atoms with E-state index >= 15 is 0 Å². The third-order valence-corrected chi connectivity index (χ3v) is 3.62. The summed E-state index contributed by atoms with van der Waals surface area (Å²) in [4.78, 5) is 15.9. The van der Waals surface area contributed by atoms with Crippen LogP contribution in [0.5, 0.6) is 0 Å². The third kappa shape index (κ3) is 1.42. The maximum absolute atomic E-state index is 4.43. The molecular formula is C14H12N4. The summed E-state index contributed by atoms with van der Waals surface area (Å²) in [7, 11) is 0. The van der Waals surface area contributed by atoms with Crippen LogP contribution in [0.25, 0.3) is 11.2 Å². The summed E-state index contributed by atoms with van der Waals surface area (Å²) >= 11 is 0. The second kappa shape index (κ2) is 3.63. The first kappa shape index (κ1) is 9.76. The van der Waals surface area contributed by atoms with Crippen LogP contribution in [0.2, 0.25) is 0 Å². The Kier molecular flexibility index (Phi) is 1.97. The van der Waals surface area contributed by atoms with E-state index in [1.807, 2.05) is 0 Å². The molecule has 1 aliphatic rings. The van der Waals surface area contributed by atoms with Gasteiger partial charge in [0.15, 0.2) is 5.65 Å². The van der Waals surface area contributed by atoms with Crippen molar-refractivity contribution in [1.82, 2.24) is 19.9 Å². The number of hydrogen-bond donors (Lipinski definition) is 1. The molecule has 0 radical (unpaired) electrons. The van der Waals surface area contributed by atoms with Crippen molar-refractivity contribution in [2.45, 2.75) is 18.3 Å². The fourth-order valence-corrected chi connectivity index (χ4v) is 2.63. The highest BCUT2D eigenvalue weighted by Gasteiger charge is 2.41. The summed E-state index contributed by atoms with van der Waals surface area (Å²) < 4.78 is 0. The number of fused-ring (bicyclic) bond motifs is 1. The van der Waals surface area contributed by atoms with E-state index in [9.17, 15) is 0 Å². The topological polar surface area (TPSA) is 54.5 Å². The first-order valence-electron chi connectivity index (χ1n) is 6.12. The van der Waals surface area contributed by atoms with Gasteiger partial charge in [0.1, 0.15) is 11.8 Å². The Bertz CT molecular complexity index is 689. The summed E-state index contributed by atoms with van der Waals surface area (Å²) in [6, 6.07) is 10.6. The zero-order valence-electron chi connectivity index (χ0n) is 9.74. The number of nitrogens with zero attached hydrogens (tertiary/aromatic N) is 3. The van der Waals surface area contributed by atoms with Crippen molar-refractivity contribution in [1.29, 1.82) is 0 Å². The van der Waals surface area contributed by atoms with Crippen LogP contribution < -0.4 is 0 Å². The molecule has 0 bridgehead atoms. The molecule has 1 fully saturated rings. The van der Waals surface area contributed by atoms with Crippen molar-refractivity contribution >= 4 is 11.2 Å². The Balaban J connectivity index is 1.72. The predicted molar refractivity (Wildman–Crippen MR) is 68.2 cm³/mol. The van der Waals surface area contributed by atoms with Crippen molar-refractivity contribution in [2.24, 2.45) is 0 Å². The molecule has 1 saturated carbocycles. The van der Waals surface area contributed by atoms with E-state index in [1.54, 1.807) is 12.7 Å². The van der Waals surface area contributed by atoms with Gasteiger partial charge in [-0.3, -0.25) is 0 Å². The SMILES string of the molecule is c1ccc([C@H]2C[C@@H]2c2ncnc3nc[nH]c23)cc1. The van der Waals surface area contributed by atoms with E-state index in [0.29, 0.717) is 11.8 Å². The number of aromatic nitrogens is 4. The van der Waals surface area contributed by atoms with E-state index in [2.05, 4.69) is 50.3 Å². The first-order valence-corrected chi connectivity index (χ1v) is 6.12. The molecule has 1 aliphatic carbocycles. The van der Waals surface area contributed by atoms with Gasteiger partial charge in [-0.2, -0.15) is 0 Å². The molecule has 0 unspecified atom stereocenters. The fourth-order valence-electron chi connectivity index (χ4n) is 2.63. The van der Waals surface area contributed by atoms with E-state index in [1.165, 1.54) is 5.56 Å². The van der Waals surface area contributed by atoms with Crippen LogP contribution in [0.1, 0.15) is 29.5 Å². The summed E-state index contributed by atoms with van der Waals surface area (Å²) in [5, 5.41) is 0. The standard InChI is InChI=1S/C14H12N4/c1-2-4-9(5-3-1)10-6-11(10)12-13-14(17-7-15-12)18-8-16-13/h1-5,7-8,10-11H,6H2,(H,15,16,17,18)/t10-,11+/m1/s1. The van der Waals surface area contributed by atoms with Crippen molar-refractivity contribution in [3.63, 3.8) is 0 Å². The van der Waals surface area contributed by atoms with E-state index in [4.69, 9.17) is 0 Å². The van der Waals surface area contributed by atoms with Crippen molar-refractivity contribution in [2.75, 3.05) is 0 Å². The molecule has 4 rings (SSSR count).